The second-order valence-electron chi connectivity index (χ2n) is 11.8. The van der Waals surface area contributed by atoms with E-state index in [0.717, 1.165) is 17.1 Å². The molecule has 0 radical (unpaired) electrons. The van der Waals surface area contributed by atoms with E-state index >= 15 is 0 Å². The van der Waals surface area contributed by atoms with Gasteiger partial charge in [-0.25, -0.2) is 0 Å². The molecule has 0 aliphatic carbocycles. The van der Waals surface area contributed by atoms with Crippen molar-refractivity contribution in [2.24, 2.45) is 0 Å². The Hall–Kier alpha value is -6.12. The topological polar surface area (TPSA) is 8.17 Å². The maximum atomic E-state index is 2.42. The molecule has 216 valence electrons. The first-order valence-corrected chi connectivity index (χ1v) is 15.8. The van der Waals surface area contributed by atoms with Crippen molar-refractivity contribution < 1.29 is 0 Å². The highest BCUT2D eigenvalue weighted by atomic mass is 15.1. The number of aromatic nitrogens is 1. The smallest absolute Gasteiger partial charge is 0.0541 e. The second kappa shape index (κ2) is 10.8. The molecule has 46 heavy (non-hydrogen) atoms. The van der Waals surface area contributed by atoms with E-state index in [1.165, 1.54) is 60.2 Å². The molecule has 9 rings (SSSR count). The van der Waals surface area contributed by atoms with Crippen LogP contribution in [0.15, 0.2) is 182 Å². The summed E-state index contributed by atoms with van der Waals surface area (Å²) in [6.07, 6.45) is 0. The van der Waals surface area contributed by atoms with Crippen LogP contribution in [-0.4, -0.2) is 4.57 Å². The summed E-state index contributed by atoms with van der Waals surface area (Å²) < 4.78 is 2.42. The van der Waals surface area contributed by atoms with E-state index in [0.29, 0.717) is 0 Å². The van der Waals surface area contributed by atoms with Crippen molar-refractivity contribution in [2.75, 3.05) is 4.90 Å². The number of anilines is 3. The second-order valence-corrected chi connectivity index (χ2v) is 11.8. The molecule has 0 amide bonds. The number of para-hydroxylation sites is 3. The molecule has 0 fully saturated rings. The monoisotopic (exact) mass is 586 g/mol. The van der Waals surface area contributed by atoms with Crippen molar-refractivity contribution in [3.63, 3.8) is 0 Å². The van der Waals surface area contributed by atoms with Crippen LogP contribution < -0.4 is 4.90 Å². The molecular formula is C44H30N2. The molecule has 8 aromatic carbocycles. The number of fused-ring (bicyclic) bond motifs is 5. The minimum atomic E-state index is 1.12. The zero-order valence-electron chi connectivity index (χ0n) is 25.2. The van der Waals surface area contributed by atoms with Crippen LogP contribution in [-0.2, 0) is 0 Å². The molecular weight excluding hydrogens is 556 g/mol. The zero-order valence-corrected chi connectivity index (χ0v) is 25.2. The third kappa shape index (κ3) is 4.27. The fourth-order valence-electron chi connectivity index (χ4n) is 7.02. The van der Waals surface area contributed by atoms with Gasteiger partial charge in [0.1, 0.15) is 0 Å². The van der Waals surface area contributed by atoms with Gasteiger partial charge >= 0.3 is 0 Å². The number of hydrogen-bond donors (Lipinski definition) is 0. The summed E-state index contributed by atoms with van der Waals surface area (Å²) in [5.41, 5.74) is 9.41. The van der Waals surface area contributed by atoms with Gasteiger partial charge in [0.05, 0.1) is 22.4 Å². The first-order chi connectivity index (χ1) is 22.8. The summed E-state index contributed by atoms with van der Waals surface area (Å²) in [6, 6.07) is 65.7. The number of rotatable bonds is 5. The molecule has 1 heterocycles. The third-order valence-corrected chi connectivity index (χ3v) is 9.16. The quantitative estimate of drug-likeness (QED) is 0.195. The largest absolute Gasteiger partial charge is 0.310 e. The van der Waals surface area contributed by atoms with E-state index in [9.17, 15) is 0 Å². The fraction of sp³-hybridized carbons (Fsp3) is 0. The molecule has 0 spiro atoms. The molecule has 9 aromatic rings. The van der Waals surface area contributed by atoms with Crippen LogP contribution in [0.3, 0.4) is 0 Å². The molecule has 0 bridgehead atoms. The fourth-order valence-corrected chi connectivity index (χ4v) is 7.02. The van der Waals surface area contributed by atoms with Crippen LogP contribution in [0.5, 0.6) is 0 Å². The maximum absolute atomic E-state index is 2.42. The lowest BCUT2D eigenvalue weighted by molar-refractivity contribution is 1.20. The predicted molar refractivity (Wildman–Crippen MR) is 196 cm³/mol. The average molecular weight is 587 g/mol. The van der Waals surface area contributed by atoms with Crippen molar-refractivity contribution in [3.05, 3.63) is 182 Å². The van der Waals surface area contributed by atoms with Gasteiger partial charge in [-0.05, 0) is 76.5 Å². The lowest BCUT2D eigenvalue weighted by atomic mass is 10.0. The standard InChI is InChI=1S/C44H30N2/c1-2-14-35(15-3-1)45(36-28-26-32(27-29-36)34-25-24-31-12-4-5-13-33(31)30-34)41-22-10-19-40-39(41)18-11-23-44(40)46-42-20-8-6-16-37(42)38-17-7-9-21-43(38)46/h1-30H. The van der Waals surface area contributed by atoms with Gasteiger partial charge < -0.3 is 9.47 Å². The molecule has 2 heteroatoms. The minimum Gasteiger partial charge on any atom is -0.310 e. The normalized spacial score (nSPS) is 11.5. The Labute approximate surface area is 268 Å². The van der Waals surface area contributed by atoms with Crippen LogP contribution in [0.2, 0.25) is 0 Å². The third-order valence-electron chi connectivity index (χ3n) is 9.16. The predicted octanol–water partition coefficient (Wildman–Crippen LogP) is 12.2. The molecule has 0 aliphatic rings. The summed E-state index contributed by atoms with van der Waals surface area (Å²) in [4.78, 5) is 2.38. The number of hydrogen-bond acceptors (Lipinski definition) is 1. The lowest BCUT2D eigenvalue weighted by Crippen LogP contribution is -2.10. The molecule has 0 atom stereocenters. The molecule has 1 aromatic heterocycles. The van der Waals surface area contributed by atoms with E-state index in [1.54, 1.807) is 0 Å². The van der Waals surface area contributed by atoms with Gasteiger partial charge in [0.2, 0.25) is 0 Å². The Morgan fingerprint density at radius 1 is 0.348 bits per heavy atom. The summed E-state index contributed by atoms with van der Waals surface area (Å²) >= 11 is 0. The summed E-state index contributed by atoms with van der Waals surface area (Å²) in [5, 5.41) is 7.45. The highest BCUT2D eigenvalue weighted by molar-refractivity contribution is 6.11. The van der Waals surface area contributed by atoms with Gasteiger partial charge in [-0.3, -0.25) is 0 Å². The molecule has 0 aliphatic heterocycles. The van der Waals surface area contributed by atoms with E-state index in [1.807, 2.05) is 0 Å². The van der Waals surface area contributed by atoms with E-state index in [-0.39, 0.29) is 0 Å². The summed E-state index contributed by atoms with van der Waals surface area (Å²) in [5.74, 6) is 0. The number of nitrogens with zero attached hydrogens (tertiary/aromatic N) is 2. The molecule has 0 unspecified atom stereocenters. The maximum Gasteiger partial charge on any atom is 0.0541 e. The van der Waals surface area contributed by atoms with Crippen LogP contribution in [0.4, 0.5) is 17.1 Å². The molecule has 0 saturated carbocycles. The highest BCUT2D eigenvalue weighted by Gasteiger charge is 2.18. The Bertz CT molecular complexity index is 2470. The Balaban J connectivity index is 1.22. The zero-order chi connectivity index (χ0) is 30.5. The summed E-state index contributed by atoms with van der Waals surface area (Å²) in [7, 11) is 0. The van der Waals surface area contributed by atoms with Gasteiger partial charge in [0.25, 0.3) is 0 Å². The van der Waals surface area contributed by atoms with Crippen molar-refractivity contribution >= 4 is 60.4 Å². The van der Waals surface area contributed by atoms with Gasteiger partial charge in [0, 0.05) is 32.9 Å². The van der Waals surface area contributed by atoms with E-state index in [2.05, 4.69) is 191 Å². The van der Waals surface area contributed by atoms with Crippen LogP contribution in [0.25, 0.3) is 60.2 Å². The van der Waals surface area contributed by atoms with Gasteiger partial charge in [-0.15, -0.1) is 0 Å². The summed E-state index contributed by atoms with van der Waals surface area (Å²) in [6.45, 7) is 0. The highest BCUT2D eigenvalue weighted by Crippen LogP contribution is 2.42. The van der Waals surface area contributed by atoms with Crippen molar-refractivity contribution in [1.29, 1.82) is 0 Å². The van der Waals surface area contributed by atoms with Crippen molar-refractivity contribution in [3.8, 4) is 16.8 Å². The lowest BCUT2D eigenvalue weighted by Gasteiger charge is -2.27. The minimum absolute atomic E-state index is 1.12. The van der Waals surface area contributed by atoms with Crippen LogP contribution in [0.1, 0.15) is 0 Å². The Morgan fingerprint density at radius 3 is 1.67 bits per heavy atom. The van der Waals surface area contributed by atoms with Crippen LogP contribution >= 0.6 is 0 Å². The van der Waals surface area contributed by atoms with Crippen LogP contribution in [0, 0.1) is 0 Å². The van der Waals surface area contributed by atoms with Gasteiger partial charge in [0.15, 0.2) is 0 Å². The molecule has 0 N–H and O–H groups in total. The number of benzene rings is 8. The van der Waals surface area contributed by atoms with E-state index < -0.39 is 0 Å². The first-order valence-electron chi connectivity index (χ1n) is 15.8. The average Bonchev–Trinajstić information content (AvgIpc) is 3.46. The van der Waals surface area contributed by atoms with Crippen molar-refractivity contribution in [1.82, 2.24) is 4.57 Å². The first kappa shape index (κ1) is 26.3. The Morgan fingerprint density at radius 2 is 0.913 bits per heavy atom. The SMILES string of the molecule is c1ccc(N(c2ccc(-c3ccc4ccccc4c3)cc2)c2cccc3c(-n4c5ccccc5c5ccccc54)cccc23)cc1. The molecule has 0 saturated heterocycles. The van der Waals surface area contributed by atoms with Gasteiger partial charge in [-0.2, -0.15) is 0 Å². The van der Waals surface area contributed by atoms with Crippen molar-refractivity contribution in [2.45, 2.75) is 0 Å². The molecule has 2 nitrogen and oxygen atoms in total. The van der Waals surface area contributed by atoms with Gasteiger partial charge in [-0.1, -0.05) is 127 Å². The van der Waals surface area contributed by atoms with E-state index in [4.69, 9.17) is 0 Å². The Kier molecular flexibility index (Phi) is 6.17.